The number of hydrogen-bond donors (Lipinski definition) is 0. The van der Waals surface area contributed by atoms with Gasteiger partial charge in [-0.25, -0.2) is 0 Å². The van der Waals surface area contributed by atoms with Crippen LogP contribution in [0.3, 0.4) is 0 Å². The second-order valence-corrected chi connectivity index (χ2v) is 1.97. The fourth-order valence-corrected chi connectivity index (χ4v) is 0.668. The number of halogens is 3. The first-order valence-electron chi connectivity index (χ1n) is 4.16. The van der Waals surface area contributed by atoms with E-state index in [1.54, 1.807) is 7.05 Å². The summed E-state index contributed by atoms with van der Waals surface area (Å²) in [6.45, 7) is -0.110. The van der Waals surface area contributed by atoms with Gasteiger partial charge < -0.3 is 4.90 Å². The van der Waals surface area contributed by atoms with Crippen LogP contribution in [0.25, 0.3) is 0 Å². The summed E-state index contributed by atoms with van der Waals surface area (Å²) in [5.74, 6) is -3.67. The molecule has 4 heteroatoms. The van der Waals surface area contributed by atoms with Crippen molar-refractivity contribution in [2.75, 3.05) is 31.8 Å². The quantitative estimate of drug-likeness (QED) is 0.620. The first-order chi connectivity index (χ1) is 5.10. The lowest BCUT2D eigenvalue weighted by Gasteiger charge is -2.11. The van der Waals surface area contributed by atoms with Gasteiger partial charge in [0.25, 0.3) is 0 Å². The summed E-state index contributed by atoms with van der Waals surface area (Å²) in [4.78, 5) is 1.40. The van der Waals surface area contributed by atoms with Crippen LogP contribution in [0, 0.1) is 0 Å². The Morgan fingerprint density at radius 2 is 1.67 bits per heavy atom. The second kappa shape index (κ2) is 8.83. The van der Waals surface area contributed by atoms with Crippen molar-refractivity contribution in [1.29, 1.82) is 0 Å². The van der Waals surface area contributed by atoms with E-state index < -0.39 is 11.7 Å². The zero-order valence-corrected chi connectivity index (χ0v) is 7.35. The predicted molar refractivity (Wildman–Crippen MR) is 46.2 cm³/mol. The first kappa shape index (κ1) is 5.48. The Hall–Kier alpha value is 0.830. The molecular weight excluding hydrogens is 180 g/mol. The van der Waals surface area contributed by atoms with Crippen LogP contribution >= 0.6 is 35.6 Å². The Kier molecular flexibility index (Phi) is 5.37. The molecule has 0 fully saturated rings. The van der Waals surface area contributed by atoms with Crippen LogP contribution in [0.1, 0.15) is 5.48 Å². The standard InChI is InChI=1S/C5H11Cl2N.ClH/c1-8(4-2-6)5-3-7;/h2-5H2,1H3;1H/i2D2,3D2;. The van der Waals surface area contributed by atoms with Gasteiger partial charge in [-0.1, -0.05) is 0 Å². The monoisotopic (exact) mass is 195 g/mol. The molecule has 0 aromatic carbocycles. The van der Waals surface area contributed by atoms with E-state index in [2.05, 4.69) is 0 Å². The molecule has 0 aromatic heterocycles. The van der Waals surface area contributed by atoms with Crippen molar-refractivity contribution in [3.8, 4) is 0 Å². The molecule has 0 unspecified atom stereocenters. The van der Waals surface area contributed by atoms with Crippen molar-refractivity contribution in [2.24, 2.45) is 0 Å². The van der Waals surface area contributed by atoms with E-state index in [1.165, 1.54) is 4.90 Å². The maximum Gasteiger partial charge on any atom is 0.0449 e. The Labute approximate surface area is 78.3 Å². The average Bonchev–Trinajstić information content (AvgIpc) is 1.49. The Morgan fingerprint density at radius 3 is 1.89 bits per heavy atom. The topological polar surface area (TPSA) is 3.24 Å². The largest absolute Gasteiger partial charge is 0.304 e. The van der Waals surface area contributed by atoms with Crippen molar-refractivity contribution >= 4 is 35.6 Å². The number of rotatable bonds is 4. The van der Waals surface area contributed by atoms with E-state index in [9.17, 15) is 0 Å². The maximum absolute atomic E-state index is 6.99. The van der Waals surface area contributed by atoms with Crippen molar-refractivity contribution < 1.29 is 5.48 Å². The molecule has 0 bridgehead atoms. The van der Waals surface area contributed by atoms with Crippen LogP contribution in [-0.2, 0) is 0 Å². The van der Waals surface area contributed by atoms with Crippen LogP contribution in [0.2, 0.25) is 0 Å². The van der Waals surface area contributed by atoms with Crippen LogP contribution in [0.5, 0.6) is 0 Å². The lowest BCUT2D eigenvalue weighted by atomic mass is 10.6. The minimum Gasteiger partial charge on any atom is -0.304 e. The molecular formula is C5H12Cl3N. The molecule has 0 radical (unpaired) electrons. The molecule has 0 N–H and O–H groups in total. The molecule has 0 aliphatic heterocycles. The van der Waals surface area contributed by atoms with Crippen LogP contribution in [-0.4, -0.2) is 36.7 Å². The minimum atomic E-state index is -1.84. The average molecular weight is 197 g/mol. The molecule has 0 saturated carbocycles. The summed E-state index contributed by atoms with van der Waals surface area (Å²) < 4.78 is 28.0. The summed E-state index contributed by atoms with van der Waals surface area (Å²) in [6, 6.07) is 0. The van der Waals surface area contributed by atoms with Gasteiger partial charge in [0.05, 0.1) is 0 Å². The second-order valence-electron chi connectivity index (χ2n) is 1.44. The van der Waals surface area contributed by atoms with Crippen LogP contribution in [0.4, 0.5) is 0 Å². The lowest BCUT2D eigenvalue weighted by molar-refractivity contribution is 0.378. The summed E-state index contributed by atoms with van der Waals surface area (Å²) in [5, 5.41) is 0. The third-order valence-electron chi connectivity index (χ3n) is 0.659. The Morgan fingerprint density at radius 1 is 1.33 bits per heavy atom. The van der Waals surface area contributed by atoms with Gasteiger partial charge in [0.1, 0.15) is 0 Å². The highest BCUT2D eigenvalue weighted by Crippen LogP contribution is 1.85. The molecule has 0 aliphatic carbocycles. The van der Waals surface area contributed by atoms with E-state index in [0.29, 0.717) is 0 Å². The van der Waals surface area contributed by atoms with Gasteiger partial charge >= 0.3 is 0 Å². The SMILES string of the molecule is Cl.[2H]C([2H])(Cl)CN(C)CC([2H])([2H])Cl. The normalized spacial score (nSPS) is 19.1. The lowest BCUT2D eigenvalue weighted by Crippen LogP contribution is -2.22. The minimum absolute atomic E-state index is 0. The molecule has 0 amide bonds. The van der Waals surface area contributed by atoms with E-state index in [1.807, 2.05) is 0 Å². The van der Waals surface area contributed by atoms with Gasteiger partial charge in [-0.2, -0.15) is 0 Å². The van der Waals surface area contributed by atoms with E-state index in [-0.39, 0.29) is 25.5 Å². The Balaban J connectivity index is 0. The van der Waals surface area contributed by atoms with Crippen molar-refractivity contribution in [3.63, 3.8) is 0 Å². The third-order valence-corrected chi connectivity index (χ3v) is 0.898. The number of hydrogen-bond acceptors (Lipinski definition) is 1. The van der Waals surface area contributed by atoms with Gasteiger partial charge in [0, 0.05) is 30.2 Å². The predicted octanol–water partition coefficient (Wildman–Crippen LogP) is 1.82. The Bertz CT molecular complexity index is 128. The molecule has 9 heavy (non-hydrogen) atoms. The van der Waals surface area contributed by atoms with E-state index in [4.69, 9.17) is 28.7 Å². The number of alkyl halides is 2. The summed E-state index contributed by atoms with van der Waals surface area (Å²) >= 11 is 10.6. The highest BCUT2D eigenvalue weighted by Gasteiger charge is 1.92. The van der Waals surface area contributed by atoms with Gasteiger partial charge in [0.2, 0.25) is 0 Å². The van der Waals surface area contributed by atoms with Crippen molar-refractivity contribution in [3.05, 3.63) is 0 Å². The third kappa shape index (κ3) is 8.83. The van der Waals surface area contributed by atoms with Crippen molar-refractivity contribution in [1.82, 2.24) is 4.90 Å². The zero-order chi connectivity index (χ0) is 9.99. The van der Waals surface area contributed by atoms with Gasteiger partial charge in [-0.3, -0.25) is 0 Å². The van der Waals surface area contributed by atoms with E-state index in [0.717, 1.165) is 0 Å². The van der Waals surface area contributed by atoms with E-state index >= 15 is 0 Å². The molecule has 1 nitrogen and oxygen atoms in total. The molecule has 0 atom stereocenters. The summed E-state index contributed by atoms with van der Waals surface area (Å²) in [6.07, 6.45) is 0. The van der Waals surface area contributed by atoms with Crippen LogP contribution in [0.15, 0.2) is 0 Å². The zero-order valence-electron chi connectivity index (χ0n) is 9.03. The van der Waals surface area contributed by atoms with Crippen molar-refractivity contribution in [2.45, 2.75) is 0 Å². The molecule has 0 heterocycles. The number of nitrogens with zero attached hydrogens (tertiary/aromatic N) is 1. The molecule has 58 valence electrons. The van der Waals surface area contributed by atoms with Gasteiger partial charge in [-0.05, 0) is 7.05 Å². The molecule has 0 aromatic rings. The van der Waals surface area contributed by atoms with Gasteiger partial charge in [-0.15, -0.1) is 35.6 Å². The first-order valence-corrected chi connectivity index (χ1v) is 2.92. The molecule has 0 aliphatic rings. The molecule has 0 rings (SSSR count). The molecule has 0 spiro atoms. The highest BCUT2D eigenvalue weighted by molar-refractivity contribution is 6.18. The summed E-state index contributed by atoms with van der Waals surface area (Å²) in [7, 11) is 1.56. The highest BCUT2D eigenvalue weighted by atomic mass is 35.5. The molecule has 0 saturated heterocycles. The fourth-order valence-electron chi connectivity index (χ4n) is 0.260. The van der Waals surface area contributed by atoms with Gasteiger partial charge in [0.15, 0.2) is 0 Å². The summed E-state index contributed by atoms with van der Waals surface area (Å²) in [5.41, 5.74) is 0. The smallest absolute Gasteiger partial charge is 0.0449 e. The van der Waals surface area contributed by atoms with Crippen LogP contribution < -0.4 is 0 Å². The maximum atomic E-state index is 6.99. The fraction of sp³-hybridized carbons (Fsp3) is 1.00.